The number of hydrogen-bond acceptors (Lipinski definition) is 10. The predicted molar refractivity (Wildman–Crippen MR) is 147 cm³/mol. The molecular formula is C27H42N2O9S. The molecule has 0 bridgehead atoms. The zero-order chi connectivity index (χ0) is 28.7. The Balaban J connectivity index is 1.45. The van der Waals surface area contributed by atoms with Crippen LogP contribution in [0, 0.1) is 0 Å². The van der Waals surface area contributed by atoms with Crippen molar-refractivity contribution in [3.8, 4) is 5.75 Å². The van der Waals surface area contributed by atoms with E-state index in [0.29, 0.717) is 6.54 Å². The number of nitrogens with one attached hydrogen (secondary N) is 2. The summed E-state index contributed by atoms with van der Waals surface area (Å²) in [7, 11) is -2.30. The zero-order valence-electron chi connectivity index (χ0n) is 22.8. The first kappa shape index (κ1) is 32.6. The molecule has 0 aliphatic carbocycles. The number of ether oxygens (including phenoxy) is 2. The number of phenolic OH excluding ortho intramolecular Hbond substituents is 1. The number of phenols is 1. The van der Waals surface area contributed by atoms with Gasteiger partial charge in [-0.25, -0.2) is 13.2 Å². The second-order valence-corrected chi connectivity index (χ2v) is 11.3. The van der Waals surface area contributed by atoms with Gasteiger partial charge in [0, 0.05) is 25.2 Å². The van der Waals surface area contributed by atoms with Crippen LogP contribution in [0.15, 0.2) is 34.7 Å². The second kappa shape index (κ2) is 16.5. The summed E-state index contributed by atoms with van der Waals surface area (Å²) in [4.78, 5) is 11.4. The number of carbonyl (C=O) groups excluding carboxylic acids is 1. The van der Waals surface area contributed by atoms with Crippen molar-refractivity contribution < 1.29 is 42.4 Å². The van der Waals surface area contributed by atoms with Crippen molar-refractivity contribution in [3.63, 3.8) is 0 Å². The minimum atomic E-state index is -3.63. The highest BCUT2D eigenvalue weighted by molar-refractivity contribution is 7.92. The molecule has 1 aromatic carbocycles. The molecule has 12 heteroatoms. The van der Waals surface area contributed by atoms with Crippen molar-refractivity contribution in [2.45, 2.75) is 63.6 Å². The van der Waals surface area contributed by atoms with E-state index in [9.17, 15) is 28.5 Å². The van der Waals surface area contributed by atoms with Crippen LogP contribution in [0.2, 0.25) is 0 Å². The minimum Gasteiger partial charge on any atom is -0.506 e. The van der Waals surface area contributed by atoms with Crippen LogP contribution < -0.4 is 10.0 Å². The molecule has 0 aliphatic heterocycles. The monoisotopic (exact) mass is 570 g/mol. The van der Waals surface area contributed by atoms with E-state index in [4.69, 9.17) is 9.15 Å². The van der Waals surface area contributed by atoms with Crippen molar-refractivity contribution in [2.75, 3.05) is 44.4 Å². The zero-order valence-corrected chi connectivity index (χ0v) is 23.6. The van der Waals surface area contributed by atoms with Crippen LogP contribution in [0.3, 0.4) is 0 Å². The van der Waals surface area contributed by atoms with Gasteiger partial charge >= 0.3 is 5.97 Å². The highest BCUT2D eigenvalue weighted by Gasteiger charge is 2.26. The fourth-order valence-corrected chi connectivity index (χ4v) is 4.48. The van der Waals surface area contributed by atoms with Gasteiger partial charge in [0.25, 0.3) is 0 Å². The van der Waals surface area contributed by atoms with Crippen molar-refractivity contribution >= 4 is 21.7 Å². The summed E-state index contributed by atoms with van der Waals surface area (Å²) in [5.74, 6) is -1.96. The number of carbonyl (C=O) groups is 1. The van der Waals surface area contributed by atoms with E-state index in [1.54, 1.807) is 6.07 Å². The van der Waals surface area contributed by atoms with Gasteiger partial charge in [0.2, 0.25) is 21.6 Å². The molecule has 0 fully saturated rings. The van der Waals surface area contributed by atoms with E-state index in [2.05, 4.69) is 14.8 Å². The van der Waals surface area contributed by atoms with Gasteiger partial charge in [0.1, 0.15) is 11.5 Å². The van der Waals surface area contributed by atoms with Crippen molar-refractivity contribution in [1.82, 2.24) is 5.32 Å². The molecule has 5 N–H and O–H groups in total. The Kier molecular flexibility index (Phi) is 13.7. The van der Waals surface area contributed by atoms with Crippen LogP contribution in [-0.4, -0.2) is 69.4 Å². The molecule has 11 nitrogen and oxygen atoms in total. The second-order valence-electron chi connectivity index (χ2n) is 9.55. The summed E-state index contributed by atoms with van der Waals surface area (Å²) >= 11 is 0. The summed E-state index contributed by atoms with van der Waals surface area (Å²) in [5.41, 5.74) is -0.0608. The number of methoxy groups -OCH3 is 1. The Morgan fingerprint density at radius 2 is 1.64 bits per heavy atom. The van der Waals surface area contributed by atoms with Gasteiger partial charge in [-0.2, -0.15) is 0 Å². The lowest BCUT2D eigenvalue weighted by Crippen LogP contribution is -2.38. The first-order chi connectivity index (χ1) is 18.5. The molecule has 0 radical (unpaired) electrons. The Labute approximate surface area is 230 Å². The number of benzene rings is 1. The summed E-state index contributed by atoms with van der Waals surface area (Å²) in [6.45, 7) is 1.91. The summed E-state index contributed by atoms with van der Waals surface area (Å²) < 4.78 is 40.8. The molecule has 2 rings (SSSR count). The summed E-state index contributed by atoms with van der Waals surface area (Å²) in [6, 6.07) is 7.18. The third kappa shape index (κ3) is 12.8. The maximum atomic E-state index is 11.4. The van der Waals surface area contributed by atoms with E-state index >= 15 is 0 Å². The lowest BCUT2D eigenvalue weighted by atomic mass is 10.0. The van der Waals surface area contributed by atoms with Crippen LogP contribution in [0.1, 0.15) is 73.2 Å². The van der Waals surface area contributed by atoms with Crippen molar-refractivity contribution in [3.05, 3.63) is 47.4 Å². The van der Waals surface area contributed by atoms with Crippen LogP contribution >= 0.6 is 0 Å². The number of aryl methyl sites for hydroxylation is 1. The average Bonchev–Trinajstić information content (AvgIpc) is 3.35. The first-order valence-electron chi connectivity index (χ1n) is 13.2. The van der Waals surface area contributed by atoms with Crippen LogP contribution in [0.25, 0.3) is 0 Å². The maximum absolute atomic E-state index is 11.4. The minimum absolute atomic E-state index is 0.0582. The topological polar surface area (TPSA) is 168 Å². The van der Waals surface area contributed by atoms with Gasteiger partial charge in [-0.05, 0) is 62.6 Å². The molecule has 220 valence electrons. The van der Waals surface area contributed by atoms with Gasteiger partial charge in [0.05, 0.1) is 25.6 Å². The highest BCUT2D eigenvalue weighted by atomic mass is 32.2. The summed E-state index contributed by atoms with van der Waals surface area (Å²) in [6.07, 6.45) is 9.71. The lowest BCUT2D eigenvalue weighted by molar-refractivity contribution is -0.165. The van der Waals surface area contributed by atoms with Gasteiger partial charge in [0.15, 0.2) is 0 Å². The normalized spacial score (nSPS) is 12.0. The van der Waals surface area contributed by atoms with Gasteiger partial charge < -0.3 is 34.5 Å². The number of aromatic hydroxyl groups is 1. The number of furan rings is 1. The fraction of sp³-hybridized carbons (Fsp3) is 0.593. The number of anilines is 1. The molecule has 2 aromatic rings. The molecule has 1 heterocycles. The van der Waals surface area contributed by atoms with E-state index in [-0.39, 0.29) is 29.3 Å². The Morgan fingerprint density at radius 1 is 0.974 bits per heavy atom. The van der Waals surface area contributed by atoms with Gasteiger partial charge in [-0.15, -0.1) is 0 Å². The van der Waals surface area contributed by atoms with E-state index in [1.165, 1.54) is 25.3 Å². The third-order valence-electron chi connectivity index (χ3n) is 6.03. The molecular weight excluding hydrogens is 528 g/mol. The molecule has 0 spiro atoms. The standard InChI is InChI=1S/C27H42N2O9S/c1-36-26(31)25-15-13-22(38-25)11-7-3-5-9-17-37-18-10-6-4-8-16-28-20-27(32,33)21-12-14-24(30)23(19-21)29-39(2,34)35/h12-15,19,28-30,32-33H,3-11,16-18,20H2,1-2H3. The van der Waals surface area contributed by atoms with E-state index < -0.39 is 21.8 Å². The Hall–Kier alpha value is -2.64. The van der Waals surface area contributed by atoms with E-state index in [0.717, 1.165) is 83.0 Å². The maximum Gasteiger partial charge on any atom is 0.373 e. The number of esters is 1. The van der Waals surface area contributed by atoms with Crippen LogP contribution in [0.4, 0.5) is 5.69 Å². The largest absolute Gasteiger partial charge is 0.506 e. The lowest BCUT2D eigenvalue weighted by Gasteiger charge is -2.23. The number of unbranched alkanes of at least 4 members (excludes halogenated alkanes) is 6. The molecule has 0 unspecified atom stereocenters. The molecule has 0 atom stereocenters. The Morgan fingerprint density at radius 3 is 2.31 bits per heavy atom. The predicted octanol–water partition coefficient (Wildman–Crippen LogP) is 3.25. The molecule has 1 aromatic heterocycles. The molecule has 0 aliphatic rings. The van der Waals surface area contributed by atoms with Crippen molar-refractivity contribution in [1.29, 1.82) is 0 Å². The van der Waals surface area contributed by atoms with Crippen LogP contribution in [-0.2, 0) is 31.7 Å². The number of rotatable bonds is 20. The first-order valence-corrected chi connectivity index (χ1v) is 15.1. The third-order valence-corrected chi connectivity index (χ3v) is 6.62. The average molecular weight is 571 g/mol. The fourth-order valence-electron chi connectivity index (χ4n) is 3.92. The molecule has 0 saturated heterocycles. The SMILES string of the molecule is COC(=O)c1ccc(CCCCCCOCCCCCCNCC(O)(O)c2ccc(O)c(NS(C)(=O)=O)c2)o1. The van der Waals surface area contributed by atoms with Gasteiger partial charge in [-0.1, -0.05) is 25.7 Å². The quantitative estimate of drug-likeness (QED) is 0.0690. The number of aliphatic hydroxyl groups is 2. The Bertz CT molecular complexity index is 1120. The number of hydrogen-bond donors (Lipinski definition) is 5. The van der Waals surface area contributed by atoms with E-state index in [1.807, 2.05) is 6.07 Å². The highest BCUT2D eigenvalue weighted by Crippen LogP contribution is 2.29. The molecule has 0 saturated carbocycles. The molecule has 0 amide bonds. The smallest absolute Gasteiger partial charge is 0.373 e. The molecule has 39 heavy (non-hydrogen) atoms. The van der Waals surface area contributed by atoms with Crippen molar-refractivity contribution in [2.24, 2.45) is 0 Å². The summed E-state index contributed by atoms with van der Waals surface area (Å²) in [5, 5.41) is 33.5. The van der Waals surface area contributed by atoms with Crippen LogP contribution in [0.5, 0.6) is 5.75 Å². The number of sulfonamides is 1. The van der Waals surface area contributed by atoms with Gasteiger partial charge in [-0.3, -0.25) is 4.72 Å².